The van der Waals surface area contributed by atoms with Gasteiger partial charge in [0.25, 0.3) is 0 Å². The van der Waals surface area contributed by atoms with Crippen molar-refractivity contribution in [3.63, 3.8) is 0 Å². The third-order valence-electron chi connectivity index (χ3n) is 6.69. The molecule has 4 aromatic carbocycles. The Morgan fingerprint density at radius 3 is 1.58 bits per heavy atom. The molecule has 0 radical (unpaired) electrons. The normalized spacial score (nSPS) is 12.9. The molecule has 1 atom stereocenters. The molecule has 1 unspecified atom stereocenters. The van der Waals surface area contributed by atoms with Gasteiger partial charge in [-0.3, -0.25) is 0 Å². The molecule has 0 saturated carbocycles. The van der Waals surface area contributed by atoms with E-state index in [-0.39, 0.29) is 13.0 Å². The number of nitrogens with one attached hydrogen (secondary N) is 1. The van der Waals surface area contributed by atoms with Gasteiger partial charge in [0.05, 0.1) is 0 Å². The van der Waals surface area contributed by atoms with Gasteiger partial charge in [0, 0.05) is 0 Å². The molecule has 0 aliphatic heterocycles. The molecule has 7 heteroatoms. The summed E-state index contributed by atoms with van der Waals surface area (Å²) in [6.45, 7) is 0.0467. The molecule has 1 N–H and O–H groups in total. The van der Waals surface area contributed by atoms with Crippen LogP contribution >= 0.6 is 17.2 Å². The second-order valence-electron chi connectivity index (χ2n) is 8.96. The number of carbonyl (C=O) groups is 2. The third kappa shape index (κ3) is 5.75. The second-order valence-corrected chi connectivity index (χ2v) is 15.6. The number of alkyl carbamates (subject to hydrolysis) is 1. The Kier molecular flexibility index (Phi) is 8.83. The molecular weight excluding hydrogens is 517 g/mol. The van der Waals surface area contributed by atoms with Gasteiger partial charge in [-0.25, -0.2) is 0 Å². The number of methoxy groups -OCH3 is 1. The van der Waals surface area contributed by atoms with Gasteiger partial charge in [0.15, 0.2) is 0 Å². The summed E-state index contributed by atoms with van der Waals surface area (Å²) in [5.74, 6) is -4.10. The number of carbonyl (C=O) groups excluding carboxylic acids is 2. The van der Waals surface area contributed by atoms with E-state index >= 15 is 0 Å². The molecule has 1 amide bonds. The maximum absolute atomic E-state index is 12.9. The molecule has 0 aromatic heterocycles. The van der Waals surface area contributed by atoms with Crippen molar-refractivity contribution < 1.29 is 19.1 Å². The van der Waals surface area contributed by atoms with Gasteiger partial charge >= 0.3 is 229 Å². The fourth-order valence-electron chi connectivity index (χ4n) is 4.73. The molecule has 0 saturated heterocycles. The van der Waals surface area contributed by atoms with Gasteiger partial charge in [-0.2, -0.15) is 0 Å². The average Bonchev–Trinajstić information content (AvgIpc) is 2.98. The van der Waals surface area contributed by atoms with Crippen molar-refractivity contribution >= 4 is 45.2 Å². The summed E-state index contributed by atoms with van der Waals surface area (Å²) in [7, 11) is 1.30. The Bertz CT molecular complexity index is 1240. The Morgan fingerprint density at radius 2 is 1.16 bits per heavy atom. The number of ether oxygens (including phenoxy) is 2. The van der Waals surface area contributed by atoms with Crippen LogP contribution in [0.1, 0.15) is 5.56 Å². The average molecular weight is 548 g/mol. The summed E-state index contributed by atoms with van der Waals surface area (Å²) in [5, 5.41) is 5.62. The van der Waals surface area contributed by atoms with Gasteiger partial charge in [0.1, 0.15) is 0 Å². The van der Waals surface area contributed by atoms with E-state index in [0.717, 1.165) is 21.5 Å². The van der Waals surface area contributed by atoms with Crippen molar-refractivity contribution in [1.82, 2.24) is 5.32 Å². The zero-order chi connectivity index (χ0) is 26.9. The molecule has 5 nitrogen and oxygen atoms in total. The Labute approximate surface area is 228 Å². The number of esters is 1. The molecule has 0 heterocycles. The van der Waals surface area contributed by atoms with Crippen LogP contribution in [-0.4, -0.2) is 38.0 Å². The first-order valence-corrected chi connectivity index (χ1v) is 15.7. The van der Waals surface area contributed by atoms with E-state index in [9.17, 15) is 9.59 Å². The number of hydrogen-bond acceptors (Lipinski definition) is 4. The van der Waals surface area contributed by atoms with Crippen molar-refractivity contribution in [3.8, 4) is 0 Å². The van der Waals surface area contributed by atoms with Crippen LogP contribution in [0.15, 0.2) is 121 Å². The summed E-state index contributed by atoms with van der Waals surface area (Å²) < 4.78 is 10.6. The van der Waals surface area contributed by atoms with Gasteiger partial charge in [0.2, 0.25) is 0 Å². The number of rotatable bonds is 10. The van der Waals surface area contributed by atoms with Crippen LogP contribution in [0.3, 0.4) is 0 Å². The first kappa shape index (κ1) is 27.4. The standard InChI is InChI=1S/C31H31ClNO4P/c1-36-30(34)29(24-25-14-6-2-7-15-25)33-31(35)37-22-23-38(32,26-16-8-3-9-17-26,27-18-10-4-11-19-27)28-20-12-5-13-21-28/h2-21,29H,22-24H2,1H3,(H,33,35). The van der Waals surface area contributed by atoms with Gasteiger partial charge in [-0.1, -0.05) is 0 Å². The predicted octanol–water partition coefficient (Wildman–Crippen LogP) is 5.18. The minimum atomic E-state index is -3.56. The molecular formula is C31H31ClNO4P. The molecule has 0 aliphatic carbocycles. The van der Waals surface area contributed by atoms with Crippen LogP contribution in [0.4, 0.5) is 4.79 Å². The van der Waals surface area contributed by atoms with Gasteiger partial charge in [-0.15, -0.1) is 0 Å². The summed E-state index contributed by atoms with van der Waals surface area (Å²) in [5.41, 5.74) is 0.895. The van der Waals surface area contributed by atoms with E-state index < -0.39 is 24.1 Å². The topological polar surface area (TPSA) is 64.6 Å². The van der Waals surface area contributed by atoms with Crippen LogP contribution in [0, 0.1) is 0 Å². The molecule has 38 heavy (non-hydrogen) atoms. The minimum absolute atomic E-state index is 0.0467. The van der Waals surface area contributed by atoms with E-state index in [0.29, 0.717) is 6.16 Å². The molecule has 196 valence electrons. The summed E-state index contributed by atoms with van der Waals surface area (Å²) in [6, 6.07) is 38.5. The predicted molar refractivity (Wildman–Crippen MR) is 156 cm³/mol. The van der Waals surface area contributed by atoms with Crippen LogP contribution in [0.5, 0.6) is 0 Å². The fourth-order valence-corrected chi connectivity index (χ4v) is 10.4. The zero-order valence-electron chi connectivity index (χ0n) is 21.2. The first-order valence-electron chi connectivity index (χ1n) is 12.4. The van der Waals surface area contributed by atoms with E-state index in [1.165, 1.54) is 7.11 Å². The molecule has 0 fully saturated rings. The van der Waals surface area contributed by atoms with Crippen LogP contribution in [-0.2, 0) is 20.7 Å². The van der Waals surface area contributed by atoms with Gasteiger partial charge < -0.3 is 0 Å². The Hall–Kier alpha value is -3.66. The maximum atomic E-state index is 12.9. The second kappa shape index (κ2) is 12.3. The van der Waals surface area contributed by atoms with E-state index in [1.807, 2.05) is 121 Å². The molecule has 4 rings (SSSR count). The first-order chi connectivity index (χ1) is 18.4. The van der Waals surface area contributed by atoms with Crippen LogP contribution in [0.2, 0.25) is 0 Å². The third-order valence-corrected chi connectivity index (χ3v) is 14.1. The van der Waals surface area contributed by atoms with E-state index in [2.05, 4.69) is 5.32 Å². The summed E-state index contributed by atoms with van der Waals surface area (Å²) in [4.78, 5) is 25.3. The molecule has 0 spiro atoms. The van der Waals surface area contributed by atoms with E-state index in [1.54, 1.807) is 0 Å². The molecule has 0 aliphatic rings. The number of benzene rings is 4. The van der Waals surface area contributed by atoms with Crippen molar-refractivity contribution in [2.45, 2.75) is 12.5 Å². The van der Waals surface area contributed by atoms with Crippen molar-refractivity contribution in [2.24, 2.45) is 0 Å². The Morgan fingerprint density at radius 1 is 0.737 bits per heavy atom. The summed E-state index contributed by atoms with van der Waals surface area (Å²) in [6.07, 6.45) is -0.0391. The van der Waals surface area contributed by atoms with Crippen LogP contribution in [0.25, 0.3) is 0 Å². The zero-order valence-corrected chi connectivity index (χ0v) is 22.9. The molecule has 0 bridgehead atoms. The molecule has 4 aromatic rings. The number of hydrogen-bond donors (Lipinski definition) is 1. The van der Waals surface area contributed by atoms with E-state index in [4.69, 9.17) is 20.7 Å². The van der Waals surface area contributed by atoms with Crippen molar-refractivity contribution in [2.75, 3.05) is 19.9 Å². The quantitative estimate of drug-likeness (QED) is 0.219. The SMILES string of the molecule is COC(=O)C(Cc1ccccc1)NC(=O)OCCP(Cl)(c1ccccc1)(c1ccccc1)c1ccccc1. The van der Waals surface area contributed by atoms with Crippen molar-refractivity contribution in [3.05, 3.63) is 127 Å². The number of amides is 1. The van der Waals surface area contributed by atoms with Gasteiger partial charge in [-0.05, 0) is 0 Å². The fraction of sp³-hybridized carbons (Fsp3) is 0.161. The van der Waals surface area contributed by atoms with Crippen LogP contribution < -0.4 is 21.2 Å². The monoisotopic (exact) mass is 547 g/mol. The Balaban J connectivity index is 1.61. The van der Waals surface area contributed by atoms with Crippen molar-refractivity contribution in [1.29, 1.82) is 0 Å². The number of halogens is 1. The summed E-state index contributed by atoms with van der Waals surface area (Å²) >= 11 is 7.99.